The Morgan fingerprint density at radius 3 is 1.52 bits per heavy atom. The minimum atomic E-state index is -1.55. The third-order valence-corrected chi connectivity index (χ3v) is 10.2. The molecule has 1 aliphatic heterocycles. The molecule has 6 aromatic carbocycles. The zero-order valence-electron chi connectivity index (χ0n) is 32.8. The number of ketones is 2. The molecule has 4 amide bonds. The Kier molecular flexibility index (Phi) is 13.3. The van der Waals surface area contributed by atoms with Crippen molar-refractivity contribution in [3.05, 3.63) is 200 Å². The molecule has 0 aromatic heterocycles. The zero-order valence-corrected chi connectivity index (χ0v) is 34.4. The summed E-state index contributed by atoms with van der Waals surface area (Å²) in [4.78, 5) is 108. The average Bonchev–Trinajstić information content (AvgIpc) is 3.55. The van der Waals surface area contributed by atoms with Crippen LogP contribution in [0.25, 0.3) is 0 Å². The van der Waals surface area contributed by atoms with Crippen molar-refractivity contribution in [2.24, 2.45) is 0 Å². The lowest BCUT2D eigenvalue weighted by molar-refractivity contribution is -0.151. The van der Waals surface area contributed by atoms with Crippen LogP contribution in [0.15, 0.2) is 146 Å². The number of carbonyl (C=O) groups excluding carboxylic acids is 8. The normalized spacial score (nSPS) is 12.2. The highest BCUT2D eigenvalue weighted by Gasteiger charge is 2.44. The van der Waals surface area contributed by atoms with Crippen LogP contribution in [0.5, 0.6) is 0 Å². The summed E-state index contributed by atoms with van der Waals surface area (Å²) in [5, 5.41) is 5.63. The Morgan fingerprint density at radius 1 is 0.524 bits per heavy atom. The molecular weight excluding hydrogens is 849 g/mol. The predicted molar refractivity (Wildman–Crippen MR) is 232 cm³/mol. The molecule has 15 heteroatoms. The van der Waals surface area contributed by atoms with E-state index in [1.807, 2.05) is 0 Å². The van der Waals surface area contributed by atoms with Crippen molar-refractivity contribution in [2.75, 3.05) is 23.8 Å². The number of benzene rings is 6. The van der Waals surface area contributed by atoms with E-state index in [-0.39, 0.29) is 55.7 Å². The lowest BCUT2D eigenvalue weighted by atomic mass is 10.0. The summed E-state index contributed by atoms with van der Waals surface area (Å²) in [5.74, 6) is -6.29. The minimum Gasteiger partial charge on any atom is -0.454 e. The smallest absolute Gasteiger partial charge is 0.338 e. The number of halogens is 2. The summed E-state index contributed by atoms with van der Waals surface area (Å²) in [7, 11) is 0. The monoisotopic (exact) mass is 881 g/mol. The number of hydrogen-bond donors (Lipinski definition) is 2. The van der Waals surface area contributed by atoms with E-state index in [2.05, 4.69) is 10.6 Å². The number of fused-ring (bicyclic) bond motifs is 1. The molecule has 0 saturated carbocycles. The van der Waals surface area contributed by atoms with Gasteiger partial charge in [-0.25, -0.2) is 9.59 Å². The Labute approximate surface area is 369 Å². The molecular formula is C48H33Cl2N3O10. The number of anilines is 2. The predicted octanol–water partition coefficient (Wildman–Crippen LogP) is 7.64. The van der Waals surface area contributed by atoms with Gasteiger partial charge in [-0.3, -0.25) is 33.7 Å². The molecule has 63 heavy (non-hydrogen) atoms. The zero-order chi connectivity index (χ0) is 44.6. The first-order valence-corrected chi connectivity index (χ1v) is 19.9. The number of imide groups is 1. The molecule has 0 aliphatic carbocycles. The van der Waals surface area contributed by atoms with Gasteiger partial charge in [0, 0.05) is 38.7 Å². The van der Waals surface area contributed by atoms with Crippen LogP contribution in [0.3, 0.4) is 0 Å². The summed E-state index contributed by atoms with van der Waals surface area (Å²) in [5.41, 5.74) is 1.20. The Hall–Kier alpha value is -7.74. The van der Waals surface area contributed by atoms with Gasteiger partial charge in [-0.1, -0.05) is 114 Å². The third-order valence-electron chi connectivity index (χ3n) is 9.76. The van der Waals surface area contributed by atoms with E-state index in [1.54, 1.807) is 91.0 Å². The molecule has 0 fully saturated rings. The van der Waals surface area contributed by atoms with E-state index < -0.39 is 66.4 Å². The van der Waals surface area contributed by atoms with E-state index in [4.69, 9.17) is 32.7 Å². The van der Waals surface area contributed by atoms with Crippen LogP contribution < -0.4 is 10.6 Å². The molecule has 0 unspecified atom stereocenters. The second-order valence-corrected chi connectivity index (χ2v) is 14.9. The molecule has 314 valence electrons. The van der Waals surface area contributed by atoms with Crippen molar-refractivity contribution < 1.29 is 47.8 Å². The topological polar surface area (TPSA) is 182 Å². The Morgan fingerprint density at radius 2 is 1.00 bits per heavy atom. The van der Waals surface area contributed by atoms with Crippen LogP contribution in [0.2, 0.25) is 10.0 Å². The summed E-state index contributed by atoms with van der Waals surface area (Å²) in [6, 6.07) is 35.8. The van der Waals surface area contributed by atoms with Crippen LogP contribution in [0.4, 0.5) is 11.4 Å². The molecule has 13 nitrogen and oxygen atoms in total. The molecule has 2 N–H and O–H groups in total. The first-order valence-electron chi connectivity index (χ1n) is 19.2. The van der Waals surface area contributed by atoms with Gasteiger partial charge in [0.1, 0.15) is 6.04 Å². The van der Waals surface area contributed by atoms with Crippen LogP contribution >= 0.6 is 23.2 Å². The molecule has 7 rings (SSSR count). The maximum atomic E-state index is 13.9. The van der Waals surface area contributed by atoms with Crippen molar-refractivity contribution in [2.45, 2.75) is 12.5 Å². The van der Waals surface area contributed by atoms with E-state index >= 15 is 0 Å². The number of esters is 2. The summed E-state index contributed by atoms with van der Waals surface area (Å²) >= 11 is 12.3. The number of rotatable bonds is 15. The van der Waals surface area contributed by atoms with Crippen molar-refractivity contribution in [3.63, 3.8) is 0 Å². The highest BCUT2D eigenvalue weighted by atomic mass is 35.5. The number of ether oxygens (including phenoxy) is 2. The number of hydrogen-bond acceptors (Lipinski definition) is 10. The van der Waals surface area contributed by atoms with Crippen LogP contribution in [0.1, 0.15) is 68.5 Å². The van der Waals surface area contributed by atoms with E-state index in [0.717, 1.165) is 6.07 Å². The average molecular weight is 883 g/mol. The van der Waals surface area contributed by atoms with Gasteiger partial charge in [-0.2, -0.15) is 0 Å². The minimum absolute atomic E-state index is 0.0941. The number of amides is 4. The van der Waals surface area contributed by atoms with Crippen molar-refractivity contribution in [1.29, 1.82) is 0 Å². The first-order chi connectivity index (χ1) is 30.4. The SMILES string of the molecule is O=C(COC(=O)c1ccc2c(c1)C(=O)N([C@@H](Cc1ccccc1)C(=O)OCC(=O)Nc1ccc(Cl)cc1C(=O)c1ccccc1)C2=O)Nc1ccc(Cl)cc1C(=O)c1ccccc1. The van der Waals surface area contributed by atoms with Crippen LogP contribution in [0, 0.1) is 0 Å². The lowest BCUT2D eigenvalue weighted by Gasteiger charge is -2.24. The summed E-state index contributed by atoms with van der Waals surface area (Å²) in [6.07, 6.45) is -0.185. The first kappa shape index (κ1) is 43.4. The Balaban J connectivity index is 1.02. The van der Waals surface area contributed by atoms with Crippen molar-refractivity contribution >= 4 is 81.7 Å². The maximum Gasteiger partial charge on any atom is 0.338 e. The fourth-order valence-electron chi connectivity index (χ4n) is 6.72. The Bertz CT molecular complexity index is 2800. The van der Waals surface area contributed by atoms with E-state index in [9.17, 15) is 38.4 Å². The molecule has 0 radical (unpaired) electrons. The number of carbonyl (C=O) groups is 8. The van der Waals surface area contributed by atoms with Crippen molar-refractivity contribution in [1.82, 2.24) is 4.90 Å². The highest BCUT2D eigenvalue weighted by Crippen LogP contribution is 2.29. The molecule has 0 bridgehead atoms. The van der Waals surface area contributed by atoms with Crippen LogP contribution in [-0.4, -0.2) is 71.3 Å². The van der Waals surface area contributed by atoms with Gasteiger partial charge >= 0.3 is 11.9 Å². The van der Waals surface area contributed by atoms with Crippen molar-refractivity contribution in [3.8, 4) is 0 Å². The van der Waals surface area contributed by atoms with Gasteiger partial charge in [0.2, 0.25) is 0 Å². The number of nitrogens with one attached hydrogen (secondary N) is 2. The van der Waals surface area contributed by atoms with Gasteiger partial charge in [0.25, 0.3) is 23.6 Å². The van der Waals surface area contributed by atoms with E-state index in [1.165, 1.54) is 48.5 Å². The van der Waals surface area contributed by atoms with Gasteiger partial charge in [0.15, 0.2) is 24.8 Å². The maximum absolute atomic E-state index is 13.9. The highest BCUT2D eigenvalue weighted by molar-refractivity contribution is 6.32. The van der Waals surface area contributed by atoms with Gasteiger partial charge in [-0.15, -0.1) is 0 Å². The molecule has 0 spiro atoms. The number of nitrogens with zero attached hydrogens (tertiary/aromatic N) is 1. The quantitative estimate of drug-likeness (QED) is 0.0591. The second-order valence-electron chi connectivity index (χ2n) is 14.0. The van der Waals surface area contributed by atoms with Crippen LogP contribution in [-0.2, 0) is 30.3 Å². The molecule has 1 atom stereocenters. The lowest BCUT2D eigenvalue weighted by Crippen LogP contribution is -2.47. The molecule has 1 heterocycles. The van der Waals surface area contributed by atoms with Gasteiger partial charge in [-0.05, 0) is 60.2 Å². The van der Waals surface area contributed by atoms with Gasteiger partial charge < -0.3 is 20.1 Å². The molecule has 0 saturated heterocycles. The third kappa shape index (κ3) is 10.1. The largest absolute Gasteiger partial charge is 0.454 e. The molecule has 6 aromatic rings. The summed E-state index contributed by atoms with van der Waals surface area (Å²) < 4.78 is 10.6. The van der Waals surface area contributed by atoms with Gasteiger partial charge in [0.05, 0.1) is 28.1 Å². The fourth-order valence-corrected chi connectivity index (χ4v) is 7.07. The standard InChI is InChI=1S/C48H33Cl2N3O10/c49-32-17-20-38(36(24-32)43(56)29-12-6-2-7-13-29)51-41(54)26-62-47(60)31-16-19-34-35(23-31)46(59)53(45(34)58)40(22-28-10-4-1-5-11-28)48(61)63-27-42(55)52-39-21-18-33(50)25-37(39)44(57)30-14-8-3-9-15-30/h1-21,23-25,40H,22,26-27H2,(H,51,54)(H,52,55)/t40-/m0/s1. The summed E-state index contributed by atoms with van der Waals surface area (Å²) in [6.45, 7) is -1.63. The molecule has 1 aliphatic rings. The van der Waals surface area contributed by atoms with E-state index in [0.29, 0.717) is 21.6 Å². The fraction of sp³-hybridized carbons (Fsp3) is 0.0833. The second kappa shape index (κ2) is 19.3.